The second-order valence-electron chi connectivity index (χ2n) is 6.49. The Labute approximate surface area is 132 Å². The van der Waals surface area contributed by atoms with Gasteiger partial charge in [0.05, 0.1) is 0 Å². The molecule has 4 nitrogen and oxygen atoms in total. The van der Waals surface area contributed by atoms with Gasteiger partial charge in [0.1, 0.15) is 6.10 Å². The van der Waals surface area contributed by atoms with E-state index in [1.54, 1.807) is 6.08 Å². The minimum Gasteiger partial charge on any atom is -0.432 e. The van der Waals surface area contributed by atoms with Crippen molar-refractivity contribution in [1.29, 1.82) is 0 Å². The van der Waals surface area contributed by atoms with Gasteiger partial charge in [-0.1, -0.05) is 57.2 Å². The van der Waals surface area contributed by atoms with Crippen LogP contribution in [0.5, 0.6) is 0 Å². The Morgan fingerprint density at radius 3 is 2.55 bits per heavy atom. The van der Waals surface area contributed by atoms with Gasteiger partial charge in [0.15, 0.2) is 6.29 Å². The van der Waals surface area contributed by atoms with Gasteiger partial charge < -0.3 is 14.2 Å². The van der Waals surface area contributed by atoms with Crippen molar-refractivity contribution in [2.45, 2.75) is 52.3 Å². The van der Waals surface area contributed by atoms with Crippen molar-refractivity contribution in [3.8, 4) is 0 Å². The Morgan fingerprint density at radius 1 is 1.27 bits per heavy atom. The highest BCUT2D eigenvalue weighted by molar-refractivity contribution is 5.69. The fourth-order valence-corrected chi connectivity index (χ4v) is 2.21. The molecule has 120 valence electrons. The third-order valence-electron chi connectivity index (χ3n) is 3.41. The van der Waals surface area contributed by atoms with E-state index in [0.29, 0.717) is 12.8 Å². The van der Waals surface area contributed by atoms with E-state index in [-0.39, 0.29) is 11.4 Å². The van der Waals surface area contributed by atoms with Crippen LogP contribution in [0.4, 0.5) is 0 Å². The van der Waals surface area contributed by atoms with Crippen LogP contribution in [0.15, 0.2) is 43.0 Å². The van der Waals surface area contributed by atoms with Crippen molar-refractivity contribution in [3.05, 3.63) is 48.6 Å². The van der Waals surface area contributed by atoms with Crippen LogP contribution >= 0.6 is 0 Å². The first kappa shape index (κ1) is 16.7. The summed E-state index contributed by atoms with van der Waals surface area (Å²) < 4.78 is 17.3. The van der Waals surface area contributed by atoms with Gasteiger partial charge >= 0.3 is 5.97 Å². The molecule has 3 atom stereocenters. The van der Waals surface area contributed by atoms with Crippen molar-refractivity contribution in [3.63, 3.8) is 0 Å². The Hall–Kier alpha value is -1.65. The zero-order valence-electron chi connectivity index (χ0n) is 13.5. The zero-order chi connectivity index (χ0) is 16.2. The summed E-state index contributed by atoms with van der Waals surface area (Å²) in [5.41, 5.74) is 0.741. The highest BCUT2D eigenvalue weighted by Gasteiger charge is 2.44. The number of allylic oxidation sites excluding steroid dienone is 1. The highest BCUT2D eigenvalue weighted by Crippen LogP contribution is 2.39. The predicted molar refractivity (Wildman–Crippen MR) is 83.9 cm³/mol. The van der Waals surface area contributed by atoms with E-state index in [1.165, 1.54) is 0 Å². The molecule has 0 unspecified atom stereocenters. The maximum absolute atomic E-state index is 11.9. The quantitative estimate of drug-likeness (QED) is 0.609. The lowest BCUT2D eigenvalue weighted by atomic mass is 9.96. The summed E-state index contributed by atoms with van der Waals surface area (Å²) in [6.45, 7) is 9.70. The second kappa shape index (κ2) is 7.07. The van der Waals surface area contributed by atoms with E-state index in [4.69, 9.17) is 14.2 Å². The van der Waals surface area contributed by atoms with Gasteiger partial charge in [0.25, 0.3) is 0 Å². The summed E-state index contributed by atoms with van der Waals surface area (Å²) in [7, 11) is 0. The van der Waals surface area contributed by atoms with E-state index >= 15 is 0 Å². The van der Waals surface area contributed by atoms with Crippen LogP contribution in [-0.4, -0.2) is 18.5 Å². The van der Waals surface area contributed by atoms with E-state index < -0.39 is 18.7 Å². The fourth-order valence-electron chi connectivity index (χ4n) is 2.21. The molecule has 0 radical (unpaired) electrons. The van der Waals surface area contributed by atoms with Crippen LogP contribution in [0, 0.1) is 5.41 Å². The van der Waals surface area contributed by atoms with Crippen LogP contribution in [0.2, 0.25) is 0 Å². The van der Waals surface area contributed by atoms with E-state index in [2.05, 4.69) is 6.58 Å². The lowest BCUT2D eigenvalue weighted by Gasteiger charge is -2.24. The first-order valence-corrected chi connectivity index (χ1v) is 7.58. The molecule has 2 rings (SSSR count). The number of hydrogen-bond donors (Lipinski definition) is 0. The van der Waals surface area contributed by atoms with E-state index in [1.807, 2.05) is 51.1 Å². The molecule has 1 aromatic carbocycles. The molecule has 1 heterocycles. The molecule has 1 aromatic rings. The molecule has 0 spiro atoms. The molecule has 0 bridgehead atoms. The Balaban J connectivity index is 2.12. The molecule has 1 aliphatic rings. The standard InChI is InChI=1S/C18H24O4/c1-5-6-12-14(19)20-16-15(13-10-8-7-9-11-13)21-17(22-16)18(2,3)4/h5,7-11,15-17H,1,6,12H2,2-4H3/t15-,16-,17-/m0/s1. The largest absolute Gasteiger partial charge is 0.432 e. The zero-order valence-corrected chi connectivity index (χ0v) is 13.5. The smallest absolute Gasteiger partial charge is 0.308 e. The molecule has 0 amide bonds. The van der Waals surface area contributed by atoms with Gasteiger partial charge in [-0.2, -0.15) is 0 Å². The maximum Gasteiger partial charge on any atom is 0.308 e. The van der Waals surface area contributed by atoms with E-state index in [9.17, 15) is 4.79 Å². The van der Waals surface area contributed by atoms with Crippen LogP contribution < -0.4 is 0 Å². The average molecular weight is 304 g/mol. The molecular formula is C18H24O4. The summed E-state index contributed by atoms with van der Waals surface area (Å²) in [5, 5.41) is 0. The molecule has 0 aromatic heterocycles. The summed E-state index contributed by atoms with van der Waals surface area (Å²) >= 11 is 0. The van der Waals surface area contributed by atoms with Crippen LogP contribution in [-0.2, 0) is 19.0 Å². The van der Waals surface area contributed by atoms with Crippen molar-refractivity contribution in [2.75, 3.05) is 0 Å². The molecule has 1 aliphatic heterocycles. The highest BCUT2D eigenvalue weighted by atomic mass is 16.8. The monoisotopic (exact) mass is 304 g/mol. The van der Waals surface area contributed by atoms with Crippen molar-refractivity contribution in [1.82, 2.24) is 0 Å². The minimum atomic E-state index is -0.719. The van der Waals surface area contributed by atoms with Crippen molar-refractivity contribution in [2.24, 2.45) is 5.41 Å². The number of carbonyl (C=O) groups excluding carboxylic acids is 1. The molecule has 4 heteroatoms. The van der Waals surface area contributed by atoms with Crippen molar-refractivity contribution < 1.29 is 19.0 Å². The summed E-state index contributed by atoms with van der Waals surface area (Å²) in [4.78, 5) is 11.9. The van der Waals surface area contributed by atoms with Gasteiger partial charge in [-0.15, -0.1) is 6.58 Å². The van der Waals surface area contributed by atoms with Gasteiger partial charge in [-0.25, -0.2) is 0 Å². The molecular weight excluding hydrogens is 280 g/mol. The summed E-state index contributed by atoms with van der Waals surface area (Å²) in [5.74, 6) is -0.302. The van der Waals surface area contributed by atoms with E-state index in [0.717, 1.165) is 5.56 Å². The van der Waals surface area contributed by atoms with Gasteiger partial charge in [0, 0.05) is 11.8 Å². The van der Waals surface area contributed by atoms with Gasteiger partial charge in [0.2, 0.25) is 6.29 Å². The Kier molecular flexibility index (Phi) is 5.37. The summed E-state index contributed by atoms with van der Waals surface area (Å²) in [6, 6.07) is 9.69. The summed E-state index contributed by atoms with van der Waals surface area (Å²) in [6.07, 6.45) is 1.03. The molecule has 1 fully saturated rings. The minimum absolute atomic E-state index is 0.199. The third-order valence-corrected chi connectivity index (χ3v) is 3.41. The molecule has 0 saturated carbocycles. The van der Waals surface area contributed by atoms with Crippen molar-refractivity contribution >= 4 is 5.97 Å². The van der Waals surface area contributed by atoms with Crippen LogP contribution in [0.25, 0.3) is 0 Å². The predicted octanol–water partition coefficient (Wildman–Crippen LogP) is 3.98. The normalized spacial score (nSPS) is 25.0. The van der Waals surface area contributed by atoms with Gasteiger partial charge in [-0.05, 0) is 12.0 Å². The Morgan fingerprint density at radius 2 is 1.95 bits per heavy atom. The molecule has 0 N–H and O–H groups in total. The SMILES string of the molecule is C=CCCC(=O)O[C@H]1O[C@@H](C(C)(C)C)O[C@H]1c1ccccc1. The molecule has 22 heavy (non-hydrogen) atoms. The maximum atomic E-state index is 11.9. The van der Waals surface area contributed by atoms with Crippen LogP contribution in [0.3, 0.4) is 0 Å². The Bertz CT molecular complexity index is 504. The van der Waals surface area contributed by atoms with Crippen LogP contribution in [0.1, 0.15) is 45.3 Å². The number of ether oxygens (including phenoxy) is 3. The first-order chi connectivity index (χ1) is 10.4. The number of rotatable bonds is 5. The fraction of sp³-hybridized carbons (Fsp3) is 0.500. The molecule has 1 saturated heterocycles. The topological polar surface area (TPSA) is 44.8 Å². The lowest BCUT2D eigenvalue weighted by Crippen LogP contribution is -2.28. The number of esters is 1. The number of hydrogen-bond acceptors (Lipinski definition) is 4. The lowest BCUT2D eigenvalue weighted by molar-refractivity contribution is -0.190. The third kappa shape index (κ3) is 4.18. The first-order valence-electron chi connectivity index (χ1n) is 7.58. The van der Waals surface area contributed by atoms with Gasteiger partial charge in [-0.3, -0.25) is 4.79 Å². The average Bonchev–Trinajstić information content (AvgIpc) is 2.90. The second-order valence-corrected chi connectivity index (χ2v) is 6.49. The number of benzene rings is 1. The number of carbonyl (C=O) groups is 1. The molecule has 0 aliphatic carbocycles.